The Labute approximate surface area is 160 Å². The molecular weight excluding hydrogens is 342 g/mol. The summed E-state index contributed by atoms with van der Waals surface area (Å²) in [5.74, 6) is 0.992. The number of nitrogens with one attached hydrogen (secondary N) is 3. The number of amides is 2. The molecule has 0 aliphatic heterocycles. The lowest BCUT2D eigenvalue weighted by Crippen LogP contribution is -2.23. The average Bonchev–Trinajstić information content (AvgIpc) is 2.66. The van der Waals surface area contributed by atoms with Crippen molar-refractivity contribution in [3.8, 4) is 5.75 Å². The first-order valence-electron chi connectivity index (χ1n) is 9.12. The van der Waals surface area contributed by atoms with Crippen LogP contribution in [0.25, 0.3) is 0 Å². The summed E-state index contributed by atoms with van der Waals surface area (Å²) in [5, 5.41) is 8.60. The molecule has 0 fully saturated rings. The van der Waals surface area contributed by atoms with Crippen LogP contribution in [0.3, 0.4) is 0 Å². The highest BCUT2D eigenvalue weighted by Gasteiger charge is 2.06. The highest BCUT2D eigenvalue weighted by molar-refractivity contribution is 5.96. The lowest BCUT2D eigenvalue weighted by Gasteiger charge is -2.11. The molecule has 0 bridgehead atoms. The van der Waals surface area contributed by atoms with Crippen molar-refractivity contribution in [1.29, 1.82) is 0 Å². The minimum atomic E-state index is -0.166. The summed E-state index contributed by atoms with van der Waals surface area (Å²) >= 11 is 0. The van der Waals surface area contributed by atoms with Gasteiger partial charge in [0.2, 0.25) is 5.91 Å². The van der Waals surface area contributed by atoms with E-state index in [0.717, 1.165) is 11.4 Å². The molecule has 27 heavy (non-hydrogen) atoms. The van der Waals surface area contributed by atoms with Crippen molar-refractivity contribution in [3.63, 3.8) is 0 Å². The van der Waals surface area contributed by atoms with E-state index in [1.165, 1.54) is 0 Å². The number of rotatable bonds is 9. The Balaban J connectivity index is 1.79. The Hall–Kier alpha value is -3.02. The van der Waals surface area contributed by atoms with Gasteiger partial charge < -0.3 is 20.7 Å². The van der Waals surface area contributed by atoms with Crippen LogP contribution in [0, 0.1) is 5.92 Å². The number of anilines is 2. The first kappa shape index (κ1) is 20.3. The van der Waals surface area contributed by atoms with Gasteiger partial charge in [0.15, 0.2) is 0 Å². The number of hydrogen-bond acceptors (Lipinski definition) is 4. The molecule has 0 aliphatic carbocycles. The predicted molar refractivity (Wildman–Crippen MR) is 108 cm³/mol. The Morgan fingerprint density at radius 3 is 2.19 bits per heavy atom. The largest absolute Gasteiger partial charge is 0.493 e. The second-order valence-electron chi connectivity index (χ2n) is 6.57. The van der Waals surface area contributed by atoms with E-state index >= 15 is 0 Å². The van der Waals surface area contributed by atoms with E-state index < -0.39 is 0 Å². The number of benzene rings is 2. The highest BCUT2D eigenvalue weighted by Crippen LogP contribution is 2.16. The SMILES string of the molecule is CCNC(=O)c1ccc(NC(=O)CNc2ccc(OCC(C)C)cc2)cc1. The number of carbonyl (C=O) groups is 2. The van der Waals surface area contributed by atoms with E-state index in [1.807, 2.05) is 31.2 Å². The smallest absolute Gasteiger partial charge is 0.251 e. The third kappa shape index (κ3) is 7.01. The van der Waals surface area contributed by atoms with Crippen molar-refractivity contribution in [1.82, 2.24) is 5.32 Å². The van der Waals surface area contributed by atoms with Gasteiger partial charge in [-0.1, -0.05) is 13.8 Å². The Kier molecular flexibility index (Phi) is 7.67. The van der Waals surface area contributed by atoms with Gasteiger partial charge in [-0.15, -0.1) is 0 Å². The normalized spacial score (nSPS) is 10.4. The van der Waals surface area contributed by atoms with E-state index in [1.54, 1.807) is 24.3 Å². The van der Waals surface area contributed by atoms with Crippen LogP contribution in [-0.2, 0) is 4.79 Å². The Morgan fingerprint density at radius 2 is 1.59 bits per heavy atom. The molecule has 0 aromatic heterocycles. The fourth-order valence-electron chi connectivity index (χ4n) is 2.29. The van der Waals surface area contributed by atoms with Gasteiger partial charge in [-0.25, -0.2) is 0 Å². The molecule has 6 heteroatoms. The summed E-state index contributed by atoms with van der Waals surface area (Å²) in [5.41, 5.74) is 2.05. The Morgan fingerprint density at radius 1 is 0.963 bits per heavy atom. The average molecular weight is 369 g/mol. The van der Waals surface area contributed by atoms with Crippen LogP contribution < -0.4 is 20.7 Å². The van der Waals surface area contributed by atoms with Gasteiger partial charge in [0.1, 0.15) is 5.75 Å². The molecule has 6 nitrogen and oxygen atoms in total. The molecule has 2 rings (SSSR count). The van der Waals surface area contributed by atoms with Crippen LogP contribution in [-0.4, -0.2) is 31.5 Å². The van der Waals surface area contributed by atoms with Gasteiger partial charge in [0.25, 0.3) is 5.91 Å². The summed E-state index contributed by atoms with van der Waals surface area (Å²) in [4.78, 5) is 23.8. The fraction of sp³-hybridized carbons (Fsp3) is 0.333. The summed E-state index contributed by atoms with van der Waals surface area (Å²) < 4.78 is 5.63. The van der Waals surface area contributed by atoms with Crippen LogP contribution >= 0.6 is 0 Å². The van der Waals surface area contributed by atoms with Crippen molar-refractivity contribution in [2.24, 2.45) is 5.92 Å². The first-order chi connectivity index (χ1) is 13.0. The second kappa shape index (κ2) is 10.2. The molecule has 2 aromatic rings. The third-order valence-corrected chi connectivity index (χ3v) is 3.66. The summed E-state index contributed by atoms with van der Waals surface area (Å²) in [6.07, 6.45) is 0. The molecule has 0 unspecified atom stereocenters. The van der Waals surface area contributed by atoms with Gasteiger partial charge in [-0.3, -0.25) is 9.59 Å². The van der Waals surface area contributed by atoms with Crippen LogP contribution in [0.2, 0.25) is 0 Å². The van der Waals surface area contributed by atoms with Crippen molar-refractivity contribution in [2.45, 2.75) is 20.8 Å². The van der Waals surface area contributed by atoms with Crippen LogP contribution in [0.15, 0.2) is 48.5 Å². The predicted octanol–water partition coefficient (Wildman–Crippen LogP) is 3.52. The maximum Gasteiger partial charge on any atom is 0.251 e. The molecular formula is C21H27N3O3. The van der Waals surface area contributed by atoms with Crippen molar-refractivity contribution < 1.29 is 14.3 Å². The molecule has 0 atom stereocenters. The number of hydrogen-bond donors (Lipinski definition) is 3. The zero-order valence-electron chi connectivity index (χ0n) is 16.0. The third-order valence-electron chi connectivity index (χ3n) is 3.66. The van der Waals surface area contributed by atoms with Crippen molar-refractivity contribution in [3.05, 3.63) is 54.1 Å². The molecule has 144 valence electrons. The molecule has 0 heterocycles. The quantitative estimate of drug-likeness (QED) is 0.632. The van der Waals surface area contributed by atoms with Crippen LogP contribution in [0.1, 0.15) is 31.1 Å². The minimum Gasteiger partial charge on any atom is -0.493 e. The van der Waals surface area contributed by atoms with E-state index in [0.29, 0.717) is 30.3 Å². The molecule has 0 aliphatic rings. The first-order valence-corrected chi connectivity index (χ1v) is 9.12. The molecule has 0 radical (unpaired) electrons. The lowest BCUT2D eigenvalue weighted by molar-refractivity contribution is -0.114. The van der Waals surface area contributed by atoms with E-state index in [4.69, 9.17) is 4.74 Å². The zero-order chi connectivity index (χ0) is 19.6. The molecule has 2 aromatic carbocycles. The number of carbonyl (C=O) groups excluding carboxylic acids is 2. The van der Waals surface area contributed by atoms with E-state index in [9.17, 15) is 9.59 Å². The van der Waals surface area contributed by atoms with Crippen molar-refractivity contribution >= 4 is 23.2 Å². The van der Waals surface area contributed by atoms with Crippen LogP contribution in [0.4, 0.5) is 11.4 Å². The highest BCUT2D eigenvalue weighted by atomic mass is 16.5. The molecule has 0 saturated heterocycles. The van der Waals surface area contributed by atoms with Gasteiger partial charge in [0, 0.05) is 23.5 Å². The number of ether oxygens (including phenoxy) is 1. The standard InChI is InChI=1S/C21H27N3O3/c1-4-22-21(26)16-5-7-18(8-6-16)24-20(25)13-23-17-9-11-19(12-10-17)27-14-15(2)3/h5-12,15,23H,4,13-14H2,1-3H3,(H,22,26)(H,24,25). The zero-order valence-corrected chi connectivity index (χ0v) is 16.0. The van der Waals surface area contributed by atoms with E-state index in [2.05, 4.69) is 29.8 Å². The molecule has 2 amide bonds. The van der Waals surface area contributed by atoms with Crippen LogP contribution in [0.5, 0.6) is 5.75 Å². The van der Waals surface area contributed by atoms with Gasteiger partial charge in [0.05, 0.1) is 13.2 Å². The van der Waals surface area contributed by atoms with Gasteiger partial charge >= 0.3 is 0 Å². The van der Waals surface area contributed by atoms with Crippen molar-refractivity contribution in [2.75, 3.05) is 30.3 Å². The summed E-state index contributed by atoms with van der Waals surface area (Å²) in [6.45, 7) is 7.46. The molecule has 0 spiro atoms. The molecule has 0 saturated carbocycles. The topological polar surface area (TPSA) is 79.5 Å². The lowest BCUT2D eigenvalue weighted by atomic mass is 10.2. The minimum absolute atomic E-state index is 0.127. The van der Waals surface area contributed by atoms with Gasteiger partial charge in [-0.2, -0.15) is 0 Å². The monoisotopic (exact) mass is 369 g/mol. The maximum atomic E-state index is 12.1. The second-order valence-corrected chi connectivity index (χ2v) is 6.57. The van der Waals surface area contributed by atoms with Gasteiger partial charge in [-0.05, 0) is 61.4 Å². The van der Waals surface area contributed by atoms with E-state index in [-0.39, 0.29) is 18.4 Å². The fourth-order valence-corrected chi connectivity index (χ4v) is 2.29. The Bertz CT molecular complexity index is 740. The summed E-state index contributed by atoms with van der Waals surface area (Å²) in [6, 6.07) is 14.3. The molecule has 3 N–H and O–H groups in total. The summed E-state index contributed by atoms with van der Waals surface area (Å²) in [7, 11) is 0. The maximum absolute atomic E-state index is 12.1.